The maximum atomic E-state index is 13.7. The second kappa shape index (κ2) is 11.3. The van der Waals surface area contributed by atoms with Gasteiger partial charge in [-0.1, -0.05) is 12.1 Å². The number of piperidine rings is 1. The number of anilines is 2. The summed E-state index contributed by atoms with van der Waals surface area (Å²) in [6.45, 7) is 2.55. The molecule has 0 saturated carbocycles. The van der Waals surface area contributed by atoms with Gasteiger partial charge < -0.3 is 19.7 Å². The molecule has 2 aliphatic rings. The molecule has 3 aromatic rings. The van der Waals surface area contributed by atoms with E-state index in [0.717, 1.165) is 40.8 Å². The zero-order chi connectivity index (χ0) is 26.5. The lowest BCUT2D eigenvalue weighted by Crippen LogP contribution is -2.40. The maximum absolute atomic E-state index is 13.7. The molecule has 0 aromatic heterocycles. The molecule has 2 heterocycles. The van der Waals surface area contributed by atoms with E-state index in [4.69, 9.17) is 9.47 Å². The predicted molar refractivity (Wildman–Crippen MR) is 143 cm³/mol. The highest BCUT2D eigenvalue weighted by molar-refractivity contribution is 7.92. The highest BCUT2D eigenvalue weighted by atomic mass is 32.2. The van der Waals surface area contributed by atoms with Gasteiger partial charge in [-0.3, -0.25) is 9.10 Å². The van der Waals surface area contributed by atoms with Crippen LogP contribution in [-0.2, 0) is 21.4 Å². The highest BCUT2D eigenvalue weighted by Crippen LogP contribution is 2.34. The summed E-state index contributed by atoms with van der Waals surface area (Å²) in [5.41, 5.74) is 2.23. The van der Waals surface area contributed by atoms with Gasteiger partial charge in [0.15, 0.2) is 11.5 Å². The van der Waals surface area contributed by atoms with Crippen LogP contribution in [-0.4, -0.2) is 47.2 Å². The van der Waals surface area contributed by atoms with E-state index in [2.05, 4.69) is 10.2 Å². The molecule has 0 unspecified atom stereocenters. The van der Waals surface area contributed by atoms with Gasteiger partial charge in [0.25, 0.3) is 10.0 Å². The minimum Gasteiger partial charge on any atom is -0.486 e. The molecule has 0 aliphatic carbocycles. The van der Waals surface area contributed by atoms with Gasteiger partial charge in [0.2, 0.25) is 5.91 Å². The Morgan fingerprint density at radius 3 is 2.29 bits per heavy atom. The van der Waals surface area contributed by atoms with Crippen LogP contribution in [0.5, 0.6) is 11.5 Å². The van der Waals surface area contributed by atoms with Gasteiger partial charge in [0, 0.05) is 31.4 Å². The highest BCUT2D eigenvalue weighted by Gasteiger charge is 2.29. The molecule has 1 fully saturated rings. The number of fused-ring (bicyclic) bond motifs is 1. The number of benzene rings is 3. The number of sulfonamides is 1. The lowest BCUT2D eigenvalue weighted by molar-refractivity contribution is -0.119. The van der Waals surface area contributed by atoms with E-state index in [9.17, 15) is 17.6 Å². The minimum atomic E-state index is -4.19. The van der Waals surface area contributed by atoms with Crippen LogP contribution in [0, 0.1) is 5.82 Å². The van der Waals surface area contributed by atoms with Crippen LogP contribution < -0.4 is 24.0 Å². The fourth-order valence-electron chi connectivity index (χ4n) is 4.60. The first-order valence-corrected chi connectivity index (χ1v) is 14.1. The minimum absolute atomic E-state index is 0.0628. The van der Waals surface area contributed by atoms with Crippen LogP contribution in [0.2, 0.25) is 0 Å². The fourth-order valence-corrected chi connectivity index (χ4v) is 6.03. The lowest BCUT2D eigenvalue weighted by atomic mass is 10.1. The van der Waals surface area contributed by atoms with Crippen molar-refractivity contribution in [2.45, 2.75) is 30.7 Å². The molecule has 200 valence electrons. The van der Waals surface area contributed by atoms with Gasteiger partial charge in [-0.2, -0.15) is 0 Å². The second-order valence-corrected chi connectivity index (χ2v) is 11.1. The number of carbonyl (C=O) groups excluding carboxylic acids is 1. The van der Waals surface area contributed by atoms with Gasteiger partial charge in [0.1, 0.15) is 25.6 Å². The van der Waals surface area contributed by atoms with Crippen molar-refractivity contribution in [3.63, 3.8) is 0 Å². The number of hydrogen-bond donors (Lipinski definition) is 1. The summed E-state index contributed by atoms with van der Waals surface area (Å²) in [4.78, 5) is 15.2. The molecular formula is C28H30FN3O5S. The van der Waals surface area contributed by atoms with Crippen molar-refractivity contribution in [2.24, 2.45) is 0 Å². The number of rotatable bonds is 8. The summed E-state index contributed by atoms with van der Waals surface area (Å²) in [5.74, 6) is -0.236. The van der Waals surface area contributed by atoms with E-state index in [1.165, 1.54) is 49.6 Å². The SMILES string of the molecule is O=C(CN(c1ccc(F)cc1)S(=O)(=O)c1ccc2c(c1)OCCO2)NCc1ccc(N2CCCCC2)cc1. The molecule has 10 heteroatoms. The molecule has 0 radical (unpaired) electrons. The Balaban J connectivity index is 1.31. The van der Waals surface area contributed by atoms with Crippen LogP contribution in [0.4, 0.5) is 15.8 Å². The molecular weight excluding hydrogens is 509 g/mol. The Morgan fingerprint density at radius 2 is 1.58 bits per heavy atom. The van der Waals surface area contributed by atoms with Crippen molar-refractivity contribution in [1.82, 2.24) is 5.32 Å². The summed E-state index contributed by atoms with van der Waals surface area (Å²) >= 11 is 0. The van der Waals surface area contributed by atoms with E-state index in [0.29, 0.717) is 24.7 Å². The van der Waals surface area contributed by atoms with Crippen molar-refractivity contribution in [2.75, 3.05) is 42.1 Å². The first kappa shape index (κ1) is 25.8. The zero-order valence-corrected chi connectivity index (χ0v) is 21.8. The number of nitrogens with zero attached hydrogens (tertiary/aromatic N) is 2. The van der Waals surface area contributed by atoms with Gasteiger partial charge in [-0.25, -0.2) is 12.8 Å². The quantitative estimate of drug-likeness (QED) is 0.464. The molecule has 5 rings (SSSR count). The van der Waals surface area contributed by atoms with Gasteiger partial charge in [-0.15, -0.1) is 0 Å². The zero-order valence-electron chi connectivity index (χ0n) is 20.9. The lowest BCUT2D eigenvalue weighted by Gasteiger charge is -2.28. The largest absolute Gasteiger partial charge is 0.486 e. The Bertz CT molecular complexity index is 1370. The smallest absolute Gasteiger partial charge is 0.264 e. The molecule has 0 spiro atoms. The van der Waals surface area contributed by atoms with E-state index in [-0.39, 0.29) is 17.1 Å². The van der Waals surface area contributed by atoms with Crippen LogP contribution >= 0.6 is 0 Å². The number of carbonyl (C=O) groups is 1. The fraction of sp³-hybridized carbons (Fsp3) is 0.321. The third-order valence-electron chi connectivity index (χ3n) is 6.65. The third-order valence-corrected chi connectivity index (χ3v) is 8.42. The summed E-state index contributed by atoms with van der Waals surface area (Å²) in [7, 11) is -4.19. The molecule has 0 atom stereocenters. The van der Waals surface area contributed by atoms with Crippen LogP contribution in [0.25, 0.3) is 0 Å². The number of hydrogen-bond acceptors (Lipinski definition) is 6. The van der Waals surface area contributed by atoms with Crippen molar-refractivity contribution >= 4 is 27.3 Å². The first-order chi connectivity index (χ1) is 18.4. The molecule has 1 saturated heterocycles. The molecule has 0 bridgehead atoms. The topological polar surface area (TPSA) is 88.2 Å². The van der Waals surface area contributed by atoms with Crippen molar-refractivity contribution < 1.29 is 27.1 Å². The normalized spacial score (nSPS) is 15.1. The van der Waals surface area contributed by atoms with Crippen molar-refractivity contribution in [3.05, 3.63) is 78.1 Å². The van der Waals surface area contributed by atoms with Crippen LogP contribution in [0.15, 0.2) is 71.6 Å². The summed E-state index contributed by atoms with van der Waals surface area (Å²) < 4.78 is 52.9. The average molecular weight is 540 g/mol. The predicted octanol–water partition coefficient (Wildman–Crippen LogP) is 4.10. The van der Waals surface area contributed by atoms with Crippen LogP contribution in [0.1, 0.15) is 24.8 Å². The molecule has 3 aromatic carbocycles. The maximum Gasteiger partial charge on any atom is 0.264 e. The summed E-state index contributed by atoms with van der Waals surface area (Å²) in [6, 6.07) is 17.3. The monoisotopic (exact) mass is 539 g/mol. The molecule has 1 amide bonds. The Kier molecular flexibility index (Phi) is 7.69. The number of halogens is 1. The van der Waals surface area contributed by atoms with Crippen LogP contribution in [0.3, 0.4) is 0 Å². The number of nitrogens with one attached hydrogen (secondary N) is 1. The van der Waals surface area contributed by atoms with E-state index < -0.39 is 28.3 Å². The van der Waals surface area contributed by atoms with Gasteiger partial charge >= 0.3 is 0 Å². The number of amides is 1. The second-order valence-electron chi connectivity index (χ2n) is 9.28. The third kappa shape index (κ3) is 5.85. The van der Waals surface area contributed by atoms with Crippen molar-refractivity contribution in [1.29, 1.82) is 0 Å². The molecule has 38 heavy (non-hydrogen) atoms. The van der Waals surface area contributed by atoms with Crippen molar-refractivity contribution in [3.8, 4) is 11.5 Å². The number of ether oxygens (including phenoxy) is 2. The molecule has 1 N–H and O–H groups in total. The summed E-state index contributed by atoms with van der Waals surface area (Å²) in [5, 5.41) is 2.81. The first-order valence-electron chi connectivity index (χ1n) is 12.7. The standard InChI is InChI=1S/C28H30FN3O5S/c29-22-6-10-24(11-7-22)32(38(34,35)25-12-13-26-27(18-25)37-17-16-36-26)20-28(33)30-19-21-4-8-23(9-5-21)31-14-2-1-3-15-31/h4-13,18H,1-3,14-17,19-20H2,(H,30,33). The summed E-state index contributed by atoms with van der Waals surface area (Å²) in [6.07, 6.45) is 3.65. The molecule has 2 aliphatic heterocycles. The van der Waals surface area contributed by atoms with E-state index >= 15 is 0 Å². The van der Waals surface area contributed by atoms with E-state index in [1.54, 1.807) is 0 Å². The Hall–Kier alpha value is -3.79. The Morgan fingerprint density at radius 1 is 0.895 bits per heavy atom. The Labute approximate surface area is 222 Å². The average Bonchev–Trinajstić information content (AvgIpc) is 2.96. The molecule has 8 nitrogen and oxygen atoms in total. The van der Waals surface area contributed by atoms with Gasteiger partial charge in [-0.05, 0) is 73.4 Å². The van der Waals surface area contributed by atoms with Gasteiger partial charge in [0.05, 0.1) is 10.6 Å². The van der Waals surface area contributed by atoms with E-state index in [1.807, 2.05) is 24.3 Å².